The maximum atomic E-state index is 12.9. The van der Waals surface area contributed by atoms with E-state index in [2.05, 4.69) is 43.5 Å². The molecule has 6 N–H and O–H groups in total. The molecule has 1 amide bonds. The lowest BCUT2D eigenvalue weighted by atomic mass is 9.99. The maximum Gasteiger partial charge on any atom is 0.220 e. The molecule has 340 valence electrons. The predicted molar refractivity (Wildman–Crippen MR) is 240 cm³/mol. The third-order valence-corrected chi connectivity index (χ3v) is 11.4. The number of rotatable bonds is 40. The van der Waals surface area contributed by atoms with Crippen molar-refractivity contribution in [2.45, 2.75) is 256 Å². The van der Waals surface area contributed by atoms with E-state index in [4.69, 9.17) is 9.47 Å². The van der Waals surface area contributed by atoms with Gasteiger partial charge in [0.2, 0.25) is 5.91 Å². The number of carbonyl (C=O) groups is 1. The van der Waals surface area contributed by atoms with Gasteiger partial charge in [0.05, 0.1) is 25.4 Å². The molecule has 0 aromatic rings. The molecular formula is C49H91NO8. The van der Waals surface area contributed by atoms with Crippen molar-refractivity contribution in [1.29, 1.82) is 0 Å². The standard InChI is InChI=1S/C49H91NO8/c1-3-5-7-9-11-13-15-16-17-18-19-20-21-22-23-24-25-26-27-29-31-33-35-37-39-45(53)50-42(41-57-49-48(56)47(55)46(54)44(40-51)58-49)43(52)38-36-34-32-30-28-14-12-10-8-6-4-2/h8,10,28,30,36,38,42-44,46-49,51-52,54-56H,3-7,9,11-27,29,31-35,37,39-41H2,1-2H3,(H,50,53)/b10-8+,30-28+,38-36+. The third-order valence-electron chi connectivity index (χ3n) is 11.4. The Kier molecular flexibility index (Phi) is 37.1. The van der Waals surface area contributed by atoms with Crippen molar-refractivity contribution in [2.75, 3.05) is 13.2 Å². The fourth-order valence-electron chi connectivity index (χ4n) is 7.55. The van der Waals surface area contributed by atoms with Crippen LogP contribution in [-0.4, -0.2) is 87.5 Å². The van der Waals surface area contributed by atoms with Crippen LogP contribution in [0.1, 0.15) is 213 Å². The molecule has 0 spiro atoms. The van der Waals surface area contributed by atoms with Gasteiger partial charge in [0.15, 0.2) is 6.29 Å². The molecule has 1 aliphatic heterocycles. The Hall–Kier alpha value is -1.59. The van der Waals surface area contributed by atoms with Crippen LogP contribution < -0.4 is 5.32 Å². The molecule has 0 aromatic heterocycles. The van der Waals surface area contributed by atoms with E-state index in [0.717, 1.165) is 57.8 Å². The number of carbonyl (C=O) groups excluding carboxylic acids is 1. The quantitative estimate of drug-likeness (QED) is 0.0264. The molecule has 0 saturated carbocycles. The van der Waals surface area contributed by atoms with E-state index in [-0.39, 0.29) is 12.5 Å². The molecule has 58 heavy (non-hydrogen) atoms. The molecule has 7 atom stereocenters. The van der Waals surface area contributed by atoms with Crippen LogP contribution in [0.3, 0.4) is 0 Å². The molecule has 1 aliphatic rings. The van der Waals surface area contributed by atoms with Crippen molar-refractivity contribution >= 4 is 5.91 Å². The zero-order chi connectivity index (χ0) is 42.3. The number of aliphatic hydroxyl groups excluding tert-OH is 5. The molecule has 1 fully saturated rings. The average molecular weight is 822 g/mol. The lowest BCUT2D eigenvalue weighted by molar-refractivity contribution is -0.302. The SMILES string of the molecule is CCC/C=C/CC/C=C/CC/C=C/C(O)C(COC1OC(CO)C(O)C(O)C1O)NC(=O)CCCCCCCCCCCCCCCCCCCCCCCCCC. The number of unbranched alkanes of at least 4 members (excludes halogenated alkanes) is 26. The molecule has 0 bridgehead atoms. The van der Waals surface area contributed by atoms with Gasteiger partial charge in [-0.2, -0.15) is 0 Å². The van der Waals surface area contributed by atoms with Crippen LogP contribution in [0.5, 0.6) is 0 Å². The minimum Gasteiger partial charge on any atom is -0.394 e. The Morgan fingerprint density at radius 2 is 0.983 bits per heavy atom. The second-order valence-electron chi connectivity index (χ2n) is 16.9. The van der Waals surface area contributed by atoms with Crippen molar-refractivity contribution in [3.63, 3.8) is 0 Å². The topological polar surface area (TPSA) is 149 Å². The average Bonchev–Trinajstić information content (AvgIpc) is 3.22. The van der Waals surface area contributed by atoms with Crippen molar-refractivity contribution in [3.05, 3.63) is 36.5 Å². The first-order valence-corrected chi connectivity index (χ1v) is 24.2. The lowest BCUT2D eigenvalue weighted by Crippen LogP contribution is -2.60. The van der Waals surface area contributed by atoms with Crippen LogP contribution in [0.2, 0.25) is 0 Å². The Balaban J connectivity index is 2.23. The largest absolute Gasteiger partial charge is 0.394 e. The second kappa shape index (κ2) is 39.5. The third kappa shape index (κ3) is 29.6. The number of hydrogen-bond acceptors (Lipinski definition) is 8. The van der Waals surface area contributed by atoms with Gasteiger partial charge in [0, 0.05) is 6.42 Å². The predicted octanol–water partition coefficient (Wildman–Crippen LogP) is 10.5. The van der Waals surface area contributed by atoms with Crippen LogP contribution in [-0.2, 0) is 14.3 Å². The summed E-state index contributed by atoms with van der Waals surface area (Å²) < 4.78 is 11.2. The van der Waals surface area contributed by atoms with Gasteiger partial charge < -0.3 is 40.3 Å². The molecular weight excluding hydrogens is 731 g/mol. The molecule has 9 nitrogen and oxygen atoms in total. The molecule has 1 saturated heterocycles. The lowest BCUT2D eigenvalue weighted by Gasteiger charge is -2.40. The number of allylic oxidation sites excluding steroid dienone is 5. The Morgan fingerprint density at radius 3 is 1.41 bits per heavy atom. The van der Waals surface area contributed by atoms with Crippen LogP contribution >= 0.6 is 0 Å². The highest BCUT2D eigenvalue weighted by Crippen LogP contribution is 2.23. The number of hydrogen-bond donors (Lipinski definition) is 6. The monoisotopic (exact) mass is 822 g/mol. The summed E-state index contributed by atoms with van der Waals surface area (Å²) in [4.78, 5) is 12.9. The highest BCUT2D eigenvalue weighted by molar-refractivity contribution is 5.76. The van der Waals surface area contributed by atoms with Crippen molar-refractivity contribution in [2.24, 2.45) is 0 Å². The van der Waals surface area contributed by atoms with E-state index < -0.39 is 49.5 Å². The Morgan fingerprint density at radius 1 is 0.569 bits per heavy atom. The van der Waals surface area contributed by atoms with Gasteiger partial charge in [-0.15, -0.1) is 0 Å². The van der Waals surface area contributed by atoms with Crippen LogP contribution in [0.25, 0.3) is 0 Å². The molecule has 0 radical (unpaired) electrons. The molecule has 7 unspecified atom stereocenters. The molecule has 9 heteroatoms. The van der Waals surface area contributed by atoms with E-state index in [1.54, 1.807) is 6.08 Å². The zero-order valence-corrected chi connectivity index (χ0v) is 37.3. The summed E-state index contributed by atoms with van der Waals surface area (Å²) >= 11 is 0. The normalized spacial score (nSPS) is 21.1. The summed E-state index contributed by atoms with van der Waals surface area (Å²) in [5.74, 6) is -0.190. The highest BCUT2D eigenvalue weighted by atomic mass is 16.7. The van der Waals surface area contributed by atoms with E-state index in [0.29, 0.717) is 6.42 Å². The fraction of sp³-hybridized carbons (Fsp3) is 0.857. The fourth-order valence-corrected chi connectivity index (χ4v) is 7.55. The zero-order valence-electron chi connectivity index (χ0n) is 37.3. The number of aliphatic hydroxyl groups is 5. The van der Waals surface area contributed by atoms with E-state index in [1.165, 1.54) is 135 Å². The van der Waals surface area contributed by atoms with E-state index >= 15 is 0 Å². The number of nitrogens with one attached hydrogen (secondary N) is 1. The van der Waals surface area contributed by atoms with Crippen LogP contribution in [0.15, 0.2) is 36.5 Å². The number of ether oxygens (including phenoxy) is 2. The summed E-state index contributed by atoms with van der Waals surface area (Å²) in [7, 11) is 0. The van der Waals surface area contributed by atoms with Gasteiger partial charge in [-0.3, -0.25) is 4.79 Å². The Bertz CT molecular complexity index is 1000. The highest BCUT2D eigenvalue weighted by Gasteiger charge is 2.44. The molecule has 0 aliphatic carbocycles. The van der Waals surface area contributed by atoms with Crippen molar-refractivity contribution < 1.29 is 39.8 Å². The minimum absolute atomic E-state index is 0.190. The maximum absolute atomic E-state index is 12.9. The molecule has 1 heterocycles. The van der Waals surface area contributed by atoms with Crippen molar-refractivity contribution in [3.8, 4) is 0 Å². The van der Waals surface area contributed by atoms with Gasteiger partial charge in [-0.1, -0.05) is 204 Å². The molecule has 0 aromatic carbocycles. The summed E-state index contributed by atoms with van der Waals surface area (Å²) in [5, 5.41) is 54.1. The van der Waals surface area contributed by atoms with E-state index in [9.17, 15) is 30.3 Å². The van der Waals surface area contributed by atoms with Crippen LogP contribution in [0.4, 0.5) is 0 Å². The smallest absolute Gasteiger partial charge is 0.220 e. The van der Waals surface area contributed by atoms with Gasteiger partial charge in [0.1, 0.15) is 24.4 Å². The first-order chi connectivity index (χ1) is 28.3. The van der Waals surface area contributed by atoms with Gasteiger partial charge >= 0.3 is 0 Å². The van der Waals surface area contributed by atoms with Crippen LogP contribution in [0, 0.1) is 0 Å². The summed E-state index contributed by atoms with van der Waals surface area (Å²) in [5.41, 5.74) is 0. The Labute approximate surface area is 355 Å². The first-order valence-electron chi connectivity index (χ1n) is 24.2. The molecule has 1 rings (SSSR count). The summed E-state index contributed by atoms with van der Waals surface area (Å²) in [6.07, 6.45) is 42.1. The van der Waals surface area contributed by atoms with Gasteiger partial charge in [-0.25, -0.2) is 0 Å². The van der Waals surface area contributed by atoms with Gasteiger partial charge in [0.25, 0.3) is 0 Å². The summed E-state index contributed by atoms with van der Waals surface area (Å²) in [6, 6.07) is -0.823. The second-order valence-corrected chi connectivity index (χ2v) is 16.9. The van der Waals surface area contributed by atoms with E-state index in [1.807, 2.05) is 6.08 Å². The summed E-state index contributed by atoms with van der Waals surface area (Å²) in [6.45, 7) is 3.68. The van der Waals surface area contributed by atoms with Crippen molar-refractivity contribution in [1.82, 2.24) is 5.32 Å². The minimum atomic E-state index is -1.57. The number of amides is 1. The van der Waals surface area contributed by atoms with Gasteiger partial charge in [-0.05, 0) is 38.5 Å². The first kappa shape index (κ1) is 54.4.